The van der Waals surface area contributed by atoms with Gasteiger partial charge in [0.05, 0.1) is 28.4 Å². The summed E-state index contributed by atoms with van der Waals surface area (Å²) >= 11 is 0. The predicted molar refractivity (Wildman–Crippen MR) is 156 cm³/mol. The Hall–Kier alpha value is -3.34. The highest BCUT2D eigenvalue weighted by Crippen LogP contribution is 2.35. The highest BCUT2D eigenvalue weighted by molar-refractivity contribution is 5.88. The van der Waals surface area contributed by atoms with Gasteiger partial charge in [-0.3, -0.25) is 19.7 Å². The first-order chi connectivity index (χ1) is 19.4. The Kier molecular flexibility index (Phi) is 7.57. The molecule has 4 atom stereocenters. The molecule has 0 amide bonds. The zero-order valence-corrected chi connectivity index (χ0v) is 23.9. The standard InChI is InChI=1S/C30H39N7O3/c1-20-17-36(26-16-28(38)34(3)27-19-37(33-30(26)27)29-7-5-6-13-40-29)23(10-14-39-4)18-35(20)21(2)22-8-9-24-25(15-22)32-12-11-31-24/h8-9,11-12,15-16,19-21,23,29H,5-7,10,13-14,17-18H2,1-4H3/t20-,21?,23+,29?/m1/s1. The van der Waals surface area contributed by atoms with Crippen molar-refractivity contribution in [3.05, 3.63) is 58.8 Å². The summed E-state index contributed by atoms with van der Waals surface area (Å²) in [5.74, 6) is 0. The van der Waals surface area contributed by atoms with Crippen molar-refractivity contribution in [2.45, 2.75) is 63.9 Å². The molecule has 0 bridgehead atoms. The second-order valence-corrected chi connectivity index (χ2v) is 11.2. The number of rotatable bonds is 7. The molecule has 10 nitrogen and oxygen atoms in total. The maximum absolute atomic E-state index is 13.2. The molecule has 212 valence electrons. The minimum Gasteiger partial charge on any atom is -0.385 e. The molecule has 0 N–H and O–H groups in total. The van der Waals surface area contributed by atoms with E-state index in [1.807, 2.05) is 17.9 Å². The van der Waals surface area contributed by atoms with E-state index in [4.69, 9.17) is 14.6 Å². The molecule has 2 fully saturated rings. The summed E-state index contributed by atoms with van der Waals surface area (Å²) in [7, 11) is 3.56. The van der Waals surface area contributed by atoms with E-state index in [1.165, 1.54) is 5.56 Å². The highest BCUT2D eigenvalue weighted by Gasteiger charge is 2.36. The van der Waals surface area contributed by atoms with Gasteiger partial charge >= 0.3 is 0 Å². The van der Waals surface area contributed by atoms with Crippen LogP contribution in [-0.2, 0) is 16.5 Å². The van der Waals surface area contributed by atoms with Crippen molar-refractivity contribution in [2.75, 3.05) is 38.3 Å². The van der Waals surface area contributed by atoms with Crippen molar-refractivity contribution < 1.29 is 9.47 Å². The summed E-state index contributed by atoms with van der Waals surface area (Å²) in [6.45, 7) is 7.53. The lowest BCUT2D eigenvalue weighted by atomic mass is 9.98. The number of pyridine rings is 1. The number of ether oxygens (including phenoxy) is 2. The molecule has 2 unspecified atom stereocenters. The fraction of sp³-hybridized carbons (Fsp3) is 0.533. The van der Waals surface area contributed by atoms with Crippen LogP contribution in [0.5, 0.6) is 0 Å². The van der Waals surface area contributed by atoms with Gasteiger partial charge in [-0.15, -0.1) is 0 Å². The van der Waals surface area contributed by atoms with Crippen LogP contribution in [0.3, 0.4) is 0 Å². The van der Waals surface area contributed by atoms with Crippen LogP contribution in [0.2, 0.25) is 0 Å². The third-order valence-corrected chi connectivity index (χ3v) is 8.69. The van der Waals surface area contributed by atoms with Crippen LogP contribution < -0.4 is 10.5 Å². The first-order valence-electron chi connectivity index (χ1n) is 14.4. The number of benzene rings is 1. The van der Waals surface area contributed by atoms with Crippen molar-refractivity contribution in [2.24, 2.45) is 7.05 Å². The van der Waals surface area contributed by atoms with E-state index < -0.39 is 0 Å². The van der Waals surface area contributed by atoms with Crippen molar-refractivity contribution in [1.29, 1.82) is 0 Å². The van der Waals surface area contributed by atoms with E-state index in [1.54, 1.807) is 30.1 Å². The topological polar surface area (TPSA) is 90.5 Å². The van der Waals surface area contributed by atoms with Crippen LogP contribution in [-0.4, -0.2) is 74.7 Å². The lowest BCUT2D eigenvalue weighted by molar-refractivity contribution is -0.0390. The van der Waals surface area contributed by atoms with Gasteiger partial charge in [-0.25, -0.2) is 4.68 Å². The number of nitrogens with zero attached hydrogens (tertiary/aromatic N) is 7. The molecule has 40 heavy (non-hydrogen) atoms. The average molecular weight is 546 g/mol. The molecule has 0 spiro atoms. The van der Waals surface area contributed by atoms with Crippen molar-refractivity contribution in [3.63, 3.8) is 0 Å². The third kappa shape index (κ3) is 5.00. The summed E-state index contributed by atoms with van der Waals surface area (Å²) in [5.41, 5.74) is 5.59. The molecule has 2 saturated heterocycles. The predicted octanol–water partition coefficient (Wildman–Crippen LogP) is 4.05. The van der Waals surface area contributed by atoms with E-state index in [2.05, 4.69) is 51.8 Å². The molecule has 6 rings (SSSR count). The Bertz CT molecular complexity index is 1540. The molecule has 0 saturated carbocycles. The molecule has 0 aliphatic carbocycles. The van der Waals surface area contributed by atoms with Crippen molar-refractivity contribution in [3.8, 4) is 0 Å². The molecule has 0 radical (unpaired) electrons. The lowest BCUT2D eigenvalue weighted by Crippen LogP contribution is -2.58. The number of aromatic nitrogens is 5. The lowest BCUT2D eigenvalue weighted by Gasteiger charge is -2.48. The number of hydrogen-bond donors (Lipinski definition) is 0. The van der Waals surface area contributed by atoms with Gasteiger partial charge in [-0.2, -0.15) is 5.10 Å². The molecule has 4 aromatic rings. The van der Waals surface area contributed by atoms with E-state index in [0.717, 1.165) is 73.1 Å². The maximum atomic E-state index is 13.2. The van der Waals surface area contributed by atoms with Gasteiger partial charge in [0, 0.05) is 77.0 Å². The molecule has 2 aliphatic rings. The van der Waals surface area contributed by atoms with Gasteiger partial charge in [0.2, 0.25) is 0 Å². The van der Waals surface area contributed by atoms with E-state index >= 15 is 0 Å². The van der Waals surface area contributed by atoms with Crippen LogP contribution in [0.1, 0.15) is 57.4 Å². The number of fused-ring (bicyclic) bond motifs is 2. The quantitative estimate of drug-likeness (QED) is 0.344. The minimum absolute atomic E-state index is 0.0298. The Morgan fingerprint density at radius 1 is 1.12 bits per heavy atom. The van der Waals surface area contributed by atoms with Crippen LogP contribution in [0.4, 0.5) is 5.69 Å². The summed E-state index contributed by atoms with van der Waals surface area (Å²) in [5, 5.41) is 5.02. The van der Waals surface area contributed by atoms with Crippen LogP contribution >= 0.6 is 0 Å². The molecule has 1 aromatic carbocycles. The monoisotopic (exact) mass is 545 g/mol. The van der Waals surface area contributed by atoms with Gasteiger partial charge in [-0.1, -0.05) is 6.07 Å². The largest absolute Gasteiger partial charge is 0.385 e. The van der Waals surface area contributed by atoms with Crippen LogP contribution in [0.25, 0.3) is 22.1 Å². The number of aryl methyl sites for hydroxylation is 1. The van der Waals surface area contributed by atoms with Crippen LogP contribution in [0.15, 0.2) is 47.7 Å². The molecule has 2 aliphatic heterocycles. The summed E-state index contributed by atoms with van der Waals surface area (Å²) in [4.78, 5) is 27.1. The number of piperazine rings is 1. The normalized spacial score (nSPS) is 23.2. The third-order valence-electron chi connectivity index (χ3n) is 8.69. The molecular formula is C30H39N7O3. The van der Waals surface area contributed by atoms with Crippen LogP contribution in [0, 0.1) is 0 Å². The summed E-state index contributed by atoms with van der Waals surface area (Å²) in [6.07, 6.45) is 9.34. The molecule has 5 heterocycles. The summed E-state index contributed by atoms with van der Waals surface area (Å²) < 4.78 is 15.2. The van der Waals surface area contributed by atoms with Crippen molar-refractivity contribution in [1.82, 2.24) is 29.2 Å². The van der Waals surface area contributed by atoms with Gasteiger partial charge in [0.25, 0.3) is 5.56 Å². The highest BCUT2D eigenvalue weighted by atomic mass is 16.5. The Morgan fingerprint density at radius 2 is 1.95 bits per heavy atom. The first kappa shape index (κ1) is 26.9. The van der Waals surface area contributed by atoms with Gasteiger partial charge < -0.3 is 18.9 Å². The zero-order chi connectivity index (χ0) is 27.8. The second kappa shape index (κ2) is 11.3. The van der Waals surface area contributed by atoms with E-state index in [-0.39, 0.29) is 29.9 Å². The van der Waals surface area contributed by atoms with E-state index in [0.29, 0.717) is 6.61 Å². The van der Waals surface area contributed by atoms with Crippen molar-refractivity contribution >= 4 is 27.8 Å². The van der Waals surface area contributed by atoms with E-state index in [9.17, 15) is 4.79 Å². The van der Waals surface area contributed by atoms with Gasteiger partial charge in [0.1, 0.15) is 11.7 Å². The SMILES string of the molecule is COCC[C@H]1CN(C(C)c2ccc3nccnc3c2)[C@H](C)CN1c1cc(=O)n(C)c2cn(C3CCCCO3)nc12. The smallest absolute Gasteiger partial charge is 0.252 e. The second-order valence-electron chi connectivity index (χ2n) is 11.2. The first-order valence-corrected chi connectivity index (χ1v) is 14.4. The Labute approximate surface area is 234 Å². The minimum atomic E-state index is -0.0864. The molecule has 10 heteroatoms. The Balaban J connectivity index is 1.34. The fourth-order valence-electron chi connectivity index (χ4n) is 6.34. The molecule has 3 aromatic heterocycles. The average Bonchev–Trinajstić information content (AvgIpc) is 3.44. The fourth-order valence-corrected chi connectivity index (χ4v) is 6.34. The number of hydrogen-bond acceptors (Lipinski definition) is 8. The zero-order valence-electron chi connectivity index (χ0n) is 23.9. The van der Waals surface area contributed by atoms with Gasteiger partial charge in [-0.05, 0) is 57.2 Å². The summed E-state index contributed by atoms with van der Waals surface area (Å²) in [6, 6.07) is 8.73. The number of anilines is 1. The molecular weight excluding hydrogens is 506 g/mol. The number of methoxy groups -OCH3 is 1. The Morgan fingerprint density at radius 3 is 2.73 bits per heavy atom. The van der Waals surface area contributed by atoms with Gasteiger partial charge in [0.15, 0.2) is 0 Å². The maximum Gasteiger partial charge on any atom is 0.252 e.